The first-order chi connectivity index (χ1) is 18.2. The molecule has 198 valence electrons. The monoisotopic (exact) mass is 521 g/mol. The predicted octanol–water partition coefficient (Wildman–Crippen LogP) is 5.43. The largest absolute Gasteiger partial charge is 0.481 e. The average molecular weight is 522 g/mol. The number of hydrogen-bond acceptors (Lipinski definition) is 6. The zero-order valence-electron chi connectivity index (χ0n) is 21.4. The Kier molecular flexibility index (Phi) is 6.92. The van der Waals surface area contributed by atoms with Gasteiger partial charge in [0.15, 0.2) is 5.82 Å². The molecule has 0 aliphatic heterocycles. The van der Waals surface area contributed by atoms with Crippen molar-refractivity contribution in [3.8, 4) is 28.4 Å². The molecular formula is C27H29F2N7O2. The van der Waals surface area contributed by atoms with E-state index >= 15 is 0 Å². The molecule has 38 heavy (non-hydrogen) atoms. The number of methoxy groups -OCH3 is 1. The molecule has 1 unspecified atom stereocenters. The summed E-state index contributed by atoms with van der Waals surface area (Å²) < 4.78 is 33.1. The maximum atomic E-state index is 13.9. The van der Waals surface area contributed by atoms with E-state index in [2.05, 4.69) is 35.7 Å². The quantitative estimate of drug-likeness (QED) is 0.298. The highest BCUT2D eigenvalue weighted by Gasteiger charge is 2.41. The summed E-state index contributed by atoms with van der Waals surface area (Å²) >= 11 is 0. The summed E-state index contributed by atoms with van der Waals surface area (Å²) in [6.07, 6.45) is 1.48. The lowest BCUT2D eigenvalue weighted by molar-refractivity contribution is -0.120. The van der Waals surface area contributed by atoms with Crippen molar-refractivity contribution in [1.29, 1.82) is 0 Å². The van der Waals surface area contributed by atoms with Gasteiger partial charge in [-0.05, 0) is 56.4 Å². The van der Waals surface area contributed by atoms with Crippen LogP contribution in [0.2, 0.25) is 0 Å². The second-order valence-corrected chi connectivity index (χ2v) is 9.69. The maximum Gasteiger partial charge on any atom is 0.248 e. The number of carbonyl (C=O) groups excluding carboxylic acids is 1. The summed E-state index contributed by atoms with van der Waals surface area (Å²) in [5, 5.41) is 18.7. The number of aromatic amines is 2. The Bertz CT molecular complexity index is 1400. The second-order valence-electron chi connectivity index (χ2n) is 9.69. The van der Waals surface area contributed by atoms with Crippen LogP contribution in [0.3, 0.4) is 0 Å². The van der Waals surface area contributed by atoms with E-state index in [1.54, 1.807) is 18.3 Å². The van der Waals surface area contributed by atoms with Crippen molar-refractivity contribution in [3.63, 3.8) is 0 Å². The van der Waals surface area contributed by atoms with Gasteiger partial charge in [0, 0.05) is 47.6 Å². The van der Waals surface area contributed by atoms with Crippen molar-refractivity contribution in [1.82, 2.24) is 30.4 Å². The summed E-state index contributed by atoms with van der Waals surface area (Å²) in [5.74, 6) is -2.92. The third-order valence-electron chi connectivity index (χ3n) is 7.10. The van der Waals surface area contributed by atoms with E-state index in [9.17, 15) is 13.6 Å². The minimum absolute atomic E-state index is 0.210. The van der Waals surface area contributed by atoms with Crippen molar-refractivity contribution in [3.05, 3.63) is 59.8 Å². The molecule has 0 radical (unpaired) electrons. The first-order valence-corrected chi connectivity index (χ1v) is 12.5. The molecule has 0 saturated heterocycles. The van der Waals surface area contributed by atoms with E-state index < -0.39 is 11.8 Å². The van der Waals surface area contributed by atoms with Crippen LogP contribution < -0.4 is 10.1 Å². The van der Waals surface area contributed by atoms with E-state index in [-0.39, 0.29) is 37.5 Å². The number of aryl methyl sites for hydroxylation is 2. The van der Waals surface area contributed by atoms with Crippen LogP contribution in [0.1, 0.15) is 48.8 Å². The van der Waals surface area contributed by atoms with Crippen molar-refractivity contribution in [2.24, 2.45) is 5.92 Å². The number of anilines is 1. The molecule has 1 aliphatic rings. The fraction of sp³-hybridized carbons (Fsp3) is 0.370. The molecule has 1 aliphatic carbocycles. The molecule has 1 saturated carbocycles. The van der Waals surface area contributed by atoms with Crippen molar-refractivity contribution in [2.45, 2.75) is 51.4 Å². The predicted molar refractivity (Wildman–Crippen MR) is 138 cm³/mol. The fourth-order valence-electron chi connectivity index (χ4n) is 5.09. The van der Waals surface area contributed by atoms with Gasteiger partial charge in [-0.1, -0.05) is 12.1 Å². The third-order valence-corrected chi connectivity index (χ3v) is 7.10. The number of aromatic nitrogens is 6. The van der Waals surface area contributed by atoms with Crippen molar-refractivity contribution < 1.29 is 18.3 Å². The molecule has 3 N–H and O–H groups in total. The number of amides is 1. The van der Waals surface area contributed by atoms with Gasteiger partial charge in [-0.15, -0.1) is 10.2 Å². The van der Waals surface area contributed by atoms with E-state index in [4.69, 9.17) is 4.74 Å². The normalized spacial score (nSPS) is 16.2. The molecule has 0 spiro atoms. The second kappa shape index (κ2) is 10.3. The molecule has 0 bridgehead atoms. The Morgan fingerprint density at radius 3 is 2.50 bits per heavy atom. The van der Waals surface area contributed by atoms with Gasteiger partial charge in [-0.2, -0.15) is 5.10 Å². The highest BCUT2D eigenvalue weighted by Crippen LogP contribution is 2.42. The number of rotatable bonds is 7. The number of carbonyl (C=O) groups is 1. The Morgan fingerprint density at radius 1 is 1.11 bits per heavy atom. The highest BCUT2D eigenvalue weighted by molar-refractivity contribution is 5.96. The summed E-state index contributed by atoms with van der Waals surface area (Å²) in [6.45, 7) is 3.89. The van der Waals surface area contributed by atoms with Gasteiger partial charge in [-0.25, -0.2) is 13.8 Å². The van der Waals surface area contributed by atoms with Gasteiger partial charge < -0.3 is 15.0 Å². The van der Waals surface area contributed by atoms with Crippen LogP contribution >= 0.6 is 0 Å². The number of pyridine rings is 1. The SMILES string of the molecule is COc1cc(-c2nnc(C(C(=O)Nc3ccc(-c4c(C)n[nH]c4C)cc3)C3CCC(F)(F)CC3)[nH]2)ccn1. The number of hydrogen-bond donors (Lipinski definition) is 3. The van der Waals surface area contributed by atoms with Crippen LogP contribution in [0, 0.1) is 19.8 Å². The zero-order valence-corrected chi connectivity index (χ0v) is 21.4. The average Bonchev–Trinajstić information content (AvgIpc) is 3.52. The minimum Gasteiger partial charge on any atom is -0.481 e. The fourth-order valence-corrected chi connectivity index (χ4v) is 5.09. The molecular weight excluding hydrogens is 492 g/mol. The molecule has 11 heteroatoms. The molecule has 3 heterocycles. The van der Waals surface area contributed by atoms with Gasteiger partial charge in [0.1, 0.15) is 11.7 Å². The van der Waals surface area contributed by atoms with Crippen LogP contribution in [0.4, 0.5) is 14.5 Å². The van der Waals surface area contributed by atoms with Crippen LogP contribution in [-0.2, 0) is 4.79 Å². The number of benzene rings is 1. The van der Waals surface area contributed by atoms with Crippen LogP contribution in [0.15, 0.2) is 42.6 Å². The van der Waals surface area contributed by atoms with Crippen molar-refractivity contribution in [2.75, 3.05) is 12.4 Å². The molecule has 1 fully saturated rings. The Balaban J connectivity index is 1.40. The van der Waals surface area contributed by atoms with Crippen molar-refractivity contribution >= 4 is 11.6 Å². The first kappa shape index (κ1) is 25.5. The number of alkyl halides is 2. The van der Waals surface area contributed by atoms with Crippen LogP contribution in [-0.4, -0.2) is 49.3 Å². The lowest BCUT2D eigenvalue weighted by Crippen LogP contribution is -2.34. The number of nitrogens with one attached hydrogen (secondary N) is 3. The minimum atomic E-state index is -2.71. The standard InChI is InChI=1S/C27H29F2N7O2/c1-15-22(16(2)34-33-15)17-4-6-20(7-5-17)31-26(37)23(18-8-11-27(28,29)12-9-18)25-32-24(35-36-25)19-10-13-30-21(14-19)38-3/h4-7,10,13-14,18,23H,8-9,11-12H2,1-3H3,(H,31,37)(H,33,34)(H,32,35,36). The lowest BCUT2D eigenvalue weighted by atomic mass is 9.77. The van der Waals surface area contributed by atoms with Crippen LogP contribution in [0.25, 0.3) is 22.5 Å². The molecule has 5 rings (SSSR count). The number of nitrogens with zero attached hydrogens (tertiary/aromatic N) is 4. The first-order valence-electron chi connectivity index (χ1n) is 12.5. The number of H-pyrrole nitrogens is 2. The summed E-state index contributed by atoms with van der Waals surface area (Å²) in [7, 11) is 1.52. The van der Waals surface area contributed by atoms with Gasteiger partial charge in [0.05, 0.1) is 12.8 Å². The summed E-state index contributed by atoms with van der Waals surface area (Å²) in [4.78, 5) is 20.8. The molecule has 4 aromatic rings. The van der Waals surface area contributed by atoms with Crippen LogP contribution in [0.5, 0.6) is 5.88 Å². The van der Waals surface area contributed by atoms with Gasteiger partial charge >= 0.3 is 0 Å². The Labute approximate surface area is 218 Å². The molecule has 3 aromatic heterocycles. The van der Waals surface area contributed by atoms with Gasteiger partial charge in [0.2, 0.25) is 17.7 Å². The van der Waals surface area contributed by atoms with E-state index in [1.165, 1.54) is 7.11 Å². The summed E-state index contributed by atoms with van der Waals surface area (Å²) in [6, 6.07) is 10.9. The topological polar surface area (TPSA) is 121 Å². The van der Waals surface area contributed by atoms with E-state index in [1.807, 2.05) is 38.1 Å². The zero-order chi connectivity index (χ0) is 26.9. The Hall–Kier alpha value is -4.15. The van der Waals surface area contributed by atoms with E-state index in [0.29, 0.717) is 28.8 Å². The van der Waals surface area contributed by atoms with E-state index in [0.717, 1.165) is 22.5 Å². The molecule has 1 atom stereocenters. The molecule has 1 amide bonds. The van der Waals surface area contributed by atoms with Gasteiger partial charge in [0.25, 0.3) is 0 Å². The number of ether oxygens (including phenoxy) is 1. The smallest absolute Gasteiger partial charge is 0.248 e. The highest BCUT2D eigenvalue weighted by atomic mass is 19.3. The number of halogens is 2. The Morgan fingerprint density at radius 2 is 1.84 bits per heavy atom. The molecule has 9 nitrogen and oxygen atoms in total. The summed E-state index contributed by atoms with van der Waals surface area (Å²) in [5.41, 5.74) is 5.13. The molecule has 1 aromatic carbocycles. The lowest BCUT2D eigenvalue weighted by Gasteiger charge is -2.32. The van der Waals surface area contributed by atoms with Gasteiger partial charge in [-0.3, -0.25) is 9.89 Å². The maximum absolute atomic E-state index is 13.9. The third kappa shape index (κ3) is 5.27.